The lowest BCUT2D eigenvalue weighted by Gasteiger charge is -2.22. The zero-order valence-corrected chi connectivity index (χ0v) is 13.4. The zero-order valence-electron chi connectivity index (χ0n) is 13.4. The molecule has 1 aliphatic heterocycles. The van der Waals surface area contributed by atoms with Gasteiger partial charge in [-0.15, -0.1) is 0 Å². The van der Waals surface area contributed by atoms with Gasteiger partial charge in [-0.3, -0.25) is 4.79 Å². The maximum Gasteiger partial charge on any atom is 0.320 e. The van der Waals surface area contributed by atoms with Gasteiger partial charge in [-0.1, -0.05) is 48.0 Å². The molecule has 122 valence electrons. The van der Waals surface area contributed by atoms with Crippen LogP contribution in [0.15, 0.2) is 72.0 Å². The molecule has 3 rings (SSSR count). The van der Waals surface area contributed by atoms with Crippen molar-refractivity contribution in [2.75, 3.05) is 5.01 Å². The van der Waals surface area contributed by atoms with Crippen molar-refractivity contribution in [1.82, 2.24) is 0 Å². The summed E-state index contributed by atoms with van der Waals surface area (Å²) < 4.78 is 5.35. The van der Waals surface area contributed by atoms with Gasteiger partial charge in [0, 0.05) is 6.20 Å². The van der Waals surface area contributed by atoms with Gasteiger partial charge in [0.05, 0.1) is 5.69 Å². The summed E-state index contributed by atoms with van der Waals surface area (Å²) in [6.45, 7) is 2.23. The normalized spacial score (nSPS) is 16.6. The molecule has 1 aliphatic rings. The first-order valence-corrected chi connectivity index (χ1v) is 7.72. The number of carbonyl (C=O) groups excluding carboxylic acids is 1. The van der Waals surface area contributed by atoms with Crippen molar-refractivity contribution in [3.8, 4) is 0 Å². The fraction of sp³-hybridized carbons (Fsp3) is 0.158. The van der Waals surface area contributed by atoms with Crippen LogP contribution in [0.4, 0.5) is 5.69 Å². The summed E-state index contributed by atoms with van der Waals surface area (Å²) >= 11 is 0. The topological polar surface area (TPSA) is 67.9 Å². The van der Waals surface area contributed by atoms with E-state index in [2.05, 4.69) is 5.10 Å². The van der Waals surface area contributed by atoms with Crippen molar-refractivity contribution in [1.29, 1.82) is 0 Å². The molecule has 0 aromatic heterocycles. The van der Waals surface area contributed by atoms with Crippen LogP contribution in [0, 0.1) is 12.8 Å². The Morgan fingerprint density at radius 2 is 1.88 bits per heavy atom. The molecule has 0 fully saturated rings. The van der Waals surface area contributed by atoms with Crippen LogP contribution >= 0.6 is 0 Å². The number of para-hydroxylation sites is 1. The molecule has 2 aromatic rings. The van der Waals surface area contributed by atoms with E-state index in [1.807, 2.05) is 61.5 Å². The largest absolute Gasteiger partial charge is 0.460 e. The van der Waals surface area contributed by atoms with Crippen molar-refractivity contribution in [2.45, 2.75) is 13.5 Å². The molecule has 0 saturated carbocycles. The molecular formula is C19H19N3O2. The first-order valence-electron chi connectivity index (χ1n) is 7.72. The number of hydrogen-bond acceptors (Lipinski definition) is 5. The molecular weight excluding hydrogens is 302 g/mol. The van der Waals surface area contributed by atoms with Crippen molar-refractivity contribution < 1.29 is 9.53 Å². The SMILES string of the molecule is Cc1ccc(COC(=O)C2C=CN(c3ccccc3)N=C2N)cc1. The predicted molar refractivity (Wildman–Crippen MR) is 94.1 cm³/mol. The Kier molecular flexibility index (Phi) is 4.61. The average Bonchev–Trinajstić information content (AvgIpc) is 2.61. The number of hydrogen-bond donors (Lipinski definition) is 1. The minimum absolute atomic E-state index is 0.218. The van der Waals surface area contributed by atoms with Crippen LogP contribution in [0.2, 0.25) is 0 Å². The van der Waals surface area contributed by atoms with Gasteiger partial charge in [0.25, 0.3) is 0 Å². The number of benzene rings is 2. The quantitative estimate of drug-likeness (QED) is 0.879. The van der Waals surface area contributed by atoms with Crippen LogP contribution in [-0.4, -0.2) is 11.8 Å². The van der Waals surface area contributed by atoms with Crippen LogP contribution in [-0.2, 0) is 16.1 Å². The fourth-order valence-corrected chi connectivity index (χ4v) is 2.34. The smallest absolute Gasteiger partial charge is 0.320 e. The first kappa shape index (κ1) is 15.8. The lowest BCUT2D eigenvalue weighted by Crippen LogP contribution is -2.35. The number of ether oxygens (including phenoxy) is 1. The van der Waals surface area contributed by atoms with Gasteiger partial charge in [-0.2, -0.15) is 5.10 Å². The Morgan fingerprint density at radius 1 is 1.17 bits per heavy atom. The van der Waals surface area contributed by atoms with Gasteiger partial charge < -0.3 is 10.5 Å². The summed E-state index contributed by atoms with van der Waals surface area (Å²) in [6, 6.07) is 17.4. The van der Waals surface area contributed by atoms with E-state index in [1.165, 1.54) is 0 Å². The molecule has 0 aliphatic carbocycles. The van der Waals surface area contributed by atoms with E-state index in [-0.39, 0.29) is 12.4 Å². The van der Waals surface area contributed by atoms with Gasteiger partial charge in [-0.05, 0) is 30.7 Å². The second-order valence-electron chi connectivity index (χ2n) is 5.62. The second kappa shape index (κ2) is 7.00. The summed E-state index contributed by atoms with van der Waals surface area (Å²) in [5.41, 5.74) is 8.94. The molecule has 0 spiro atoms. The van der Waals surface area contributed by atoms with Crippen LogP contribution in [0.3, 0.4) is 0 Å². The molecule has 5 heteroatoms. The van der Waals surface area contributed by atoms with E-state index in [4.69, 9.17) is 10.5 Å². The summed E-state index contributed by atoms with van der Waals surface area (Å²) in [5, 5.41) is 5.90. The monoisotopic (exact) mass is 321 g/mol. The van der Waals surface area contributed by atoms with Gasteiger partial charge in [0.1, 0.15) is 18.4 Å². The number of anilines is 1. The lowest BCUT2D eigenvalue weighted by atomic mass is 10.1. The van der Waals surface area contributed by atoms with Gasteiger partial charge in [0.2, 0.25) is 0 Å². The third-order valence-electron chi connectivity index (χ3n) is 3.74. The van der Waals surface area contributed by atoms with E-state index >= 15 is 0 Å². The minimum atomic E-state index is -0.657. The highest BCUT2D eigenvalue weighted by Crippen LogP contribution is 2.19. The number of carbonyl (C=O) groups is 1. The molecule has 1 unspecified atom stereocenters. The second-order valence-corrected chi connectivity index (χ2v) is 5.62. The Labute approximate surface area is 141 Å². The standard InChI is InChI=1S/C19H19N3O2/c1-14-7-9-15(10-8-14)13-24-19(23)17-11-12-22(21-18(17)20)16-5-3-2-4-6-16/h2-12,17H,13H2,1H3,(H2,20,21). The van der Waals surface area contributed by atoms with Crippen LogP contribution in [0.5, 0.6) is 0 Å². The fourth-order valence-electron chi connectivity index (χ4n) is 2.34. The van der Waals surface area contributed by atoms with E-state index < -0.39 is 11.9 Å². The van der Waals surface area contributed by atoms with Gasteiger partial charge in [-0.25, -0.2) is 5.01 Å². The van der Waals surface area contributed by atoms with Crippen molar-refractivity contribution in [3.05, 3.63) is 78.0 Å². The Bertz CT molecular complexity index is 767. The average molecular weight is 321 g/mol. The molecule has 24 heavy (non-hydrogen) atoms. The van der Waals surface area contributed by atoms with Crippen LogP contribution in [0.1, 0.15) is 11.1 Å². The van der Waals surface area contributed by atoms with E-state index in [1.54, 1.807) is 17.3 Å². The van der Waals surface area contributed by atoms with Crippen LogP contribution in [0.25, 0.3) is 0 Å². The molecule has 1 atom stereocenters. The van der Waals surface area contributed by atoms with Crippen molar-refractivity contribution in [2.24, 2.45) is 16.8 Å². The number of aryl methyl sites for hydroxylation is 1. The molecule has 0 amide bonds. The highest BCUT2D eigenvalue weighted by atomic mass is 16.5. The number of nitrogens with zero attached hydrogens (tertiary/aromatic N) is 2. The van der Waals surface area contributed by atoms with E-state index in [9.17, 15) is 4.79 Å². The van der Waals surface area contributed by atoms with Crippen molar-refractivity contribution >= 4 is 17.5 Å². The molecule has 0 radical (unpaired) electrons. The Morgan fingerprint density at radius 3 is 2.54 bits per heavy atom. The lowest BCUT2D eigenvalue weighted by molar-refractivity contribution is -0.146. The van der Waals surface area contributed by atoms with Crippen LogP contribution < -0.4 is 10.7 Å². The molecule has 2 N–H and O–H groups in total. The number of hydrazone groups is 1. The molecule has 5 nitrogen and oxygen atoms in total. The Hall–Kier alpha value is -3.08. The molecule has 1 heterocycles. The third-order valence-corrected chi connectivity index (χ3v) is 3.74. The summed E-state index contributed by atoms with van der Waals surface area (Å²) in [4.78, 5) is 12.2. The number of rotatable bonds is 4. The number of nitrogens with two attached hydrogens (primary N) is 1. The van der Waals surface area contributed by atoms with E-state index in [0.29, 0.717) is 0 Å². The maximum absolute atomic E-state index is 12.2. The summed E-state index contributed by atoms with van der Waals surface area (Å²) in [6.07, 6.45) is 3.43. The third kappa shape index (κ3) is 3.63. The minimum Gasteiger partial charge on any atom is -0.460 e. The van der Waals surface area contributed by atoms with Gasteiger partial charge in [0.15, 0.2) is 0 Å². The summed E-state index contributed by atoms with van der Waals surface area (Å²) in [5.74, 6) is -0.841. The highest BCUT2D eigenvalue weighted by molar-refractivity contribution is 6.03. The van der Waals surface area contributed by atoms with Crippen molar-refractivity contribution in [3.63, 3.8) is 0 Å². The zero-order chi connectivity index (χ0) is 16.9. The first-order chi connectivity index (χ1) is 11.6. The molecule has 2 aromatic carbocycles. The maximum atomic E-state index is 12.2. The predicted octanol–water partition coefficient (Wildman–Crippen LogP) is 2.96. The Balaban J connectivity index is 1.62. The highest BCUT2D eigenvalue weighted by Gasteiger charge is 2.25. The van der Waals surface area contributed by atoms with E-state index in [0.717, 1.165) is 16.8 Å². The van der Waals surface area contributed by atoms with Gasteiger partial charge >= 0.3 is 5.97 Å². The number of esters is 1. The number of amidine groups is 1. The summed E-state index contributed by atoms with van der Waals surface area (Å²) in [7, 11) is 0. The molecule has 0 bridgehead atoms. The molecule has 0 saturated heterocycles.